The third-order valence-corrected chi connectivity index (χ3v) is 3.18. The van der Waals surface area contributed by atoms with Crippen LogP contribution < -0.4 is 15.2 Å². The Hall–Kier alpha value is -2.04. The van der Waals surface area contributed by atoms with Crippen molar-refractivity contribution in [2.45, 2.75) is 12.6 Å². The molecule has 0 amide bonds. The molecule has 0 fully saturated rings. The van der Waals surface area contributed by atoms with Crippen LogP contribution in [0.15, 0.2) is 48.5 Å². The van der Waals surface area contributed by atoms with Crippen LogP contribution in [0.5, 0.6) is 11.5 Å². The van der Waals surface area contributed by atoms with Crippen molar-refractivity contribution in [1.82, 2.24) is 0 Å². The van der Waals surface area contributed by atoms with Gasteiger partial charge in [0.25, 0.3) is 0 Å². The highest BCUT2D eigenvalue weighted by Gasteiger charge is 2.12. The first-order valence-electron chi connectivity index (χ1n) is 6.83. The van der Waals surface area contributed by atoms with Crippen molar-refractivity contribution in [2.24, 2.45) is 5.73 Å². The molecule has 0 heterocycles. The molecular weight excluding hydrogens is 266 g/mol. The number of nitrogens with two attached hydrogens (primary N) is 1. The minimum absolute atomic E-state index is 0.243. The SMILES string of the molecule is COCc1cccc(OCC(N)c2ccccc2OC)c1. The molecule has 0 spiro atoms. The maximum absolute atomic E-state index is 6.19. The van der Waals surface area contributed by atoms with Crippen LogP contribution in [0.1, 0.15) is 17.2 Å². The van der Waals surface area contributed by atoms with E-state index in [9.17, 15) is 0 Å². The van der Waals surface area contributed by atoms with Gasteiger partial charge in [-0.3, -0.25) is 0 Å². The summed E-state index contributed by atoms with van der Waals surface area (Å²) in [5.74, 6) is 1.57. The zero-order valence-corrected chi connectivity index (χ0v) is 12.4. The van der Waals surface area contributed by atoms with Crippen molar-refractivity contribution < 1.29 is 14.2 Å². The zero-order valence-electron chi connectivity index (χ0n) is 12.4. The number of ether oxygens (including phenoxy) is 3. The Morgan fingerprint density at radius 3 is 2.62 bits per heavy atom. The number of hydrogen-bond donors (Lipinski definition) is 1. The van der Waals surface area contributed by atoms with Gasteiger partial charge in [0.2, 0.25) is 0 Å². The smallest absolute Gasteiger partial charge is 0.123 e. The Balaban J connectivity index is 2.00. The summed E-state index contributed by atoms with van der Waals surface area (Å²) >= 11 is 0. The van der Waals surface area contributed by atoms with Gasteiger partial charge in [-0.15, -0.1) is 0 Å². The minimum Gasteiger partial charge on any atom is -0.496 e. The fraction of sp³-hybridized carbons (Fsp3) is 0.294. The molecule has 0 aromatic heterocycles. The van der Waals surface area contributed by atoms with Crippen molar-refractivity contribution in [1.29, 1.82) is 0 Å². The van der Waals surface area contributed by atoms with E-state index in [0.717, 1.165) is 22.6 Å². The maximum atomic E-state index is 6.19. The molecule has 1 atom stereocenters. The lowest BCUT2D eigenvalue weighted by Crippen LogP contribution is -2.19. The third-order valence-electron chi connectivity index (χ3n) is 3.18. The van der Waals surface area contributed by atoms with E-state index >= 15 is 0 Å². The normalized spacial score (nSPS) is 12.0. The monoisotopic (exact) mass is 287 g/mol. The summed E-state index contributed by atoms with van der Waals surface area (Å²) in [5, 5.41) is 0. The lowest BCUT2D eigenvalue weighted by molar-refractivity contribution is 0.184. The van der Waals surface area contributed by atoms with Crippen LogP contribution in [0, 0.1) is 0 Å². The van der Waals surface area contributed by atoms with Gasteiger partial charge in [0.05, 0.1) is 19.8 Å². The number of para-hydroxylation sites is 1. The molecule has 0 bridgehead atoms. The summed E-state index contributed by atoms with van der Waals surface area (Å²) in [7, 11) is 3.31. The van der Waals surface area contributed by atoms with E-state index in [-0.39, 0.29) is 6.04 Å². The summed E-state index contributed by atoms with van der Waals surface area (Å²) in [6.07, 6.45) is 0. The Labute approximate surface area is 125 Å². The third kappa shape index (κ3) is 4.21. The van der Waals surface area contributed by atoms with Gasteiger partial charge < -0.3 is 19.9 Å². The van der Waals surface area contributed by atoms with Gasteiger partial charge in [0.15, 0.2) is 0 Å². The van der Waals surface area contributed by atoms with Gasteiger partial charge in [-0.25, -0.2) is 0 Å². The second kappa shape index (κ2) is 7.67. The molecule has 112 valence electrons. The lowest BCUT2D eigenvalue weighted by Gasteiger charge is -2.16. The molecule has 0 aliphatic rings. The van der Waals surface area contributed by atoms with E-state index in [1.807, 2.05) is 48.5 Å². The molecule has 2 aromatic carbocycles. The highest BCUT2D eigenvalue weighted by molar-refractivity contribution is 5.36. The molecule has 4 nitrogen and oxygen atoms in total. The van der Waals surface area contributed by atoms with Crippen molar-refractivity contribution in [3.63, 3.8) is 0 Å². The van der Waals surface area contributed by atoms with Gasteiger partial charge in [-0.2, -0.15) is 0 Å². The number of hydrogen-bond acceptors (Lipinski definition) is 4. The van der Waals surface area contributed by atoms with Crippen molar-refractivity contribution >= 4 is 0 Å². The van der Waals surface area contributed by atoms with Crippen LogP contribution >= 0.6 is 0 Å². The Morgan fingerprint density at radius 2 is 1.86 bits per heavy atom. The summed E-state index contributed by atoms with van der Waals surface area (Å²) in [5.41, 5.74) is 8.19. The van der Waals surface area contributed by atoms with E-state index in [2.05, 4.69) is 0 Å². The Kier molecular flexibility index (Phi) is 5.60. The van der Waals surface area contributed by atoms with Crippen LogP contribution in [0.4, 0.5) is 0 Å². The van der Waals surface area contributed by atoms with Gasteiger partial charge in [0, 0.05) is 12.7 Å². The van der Waals surface area contributed by atoms with Gasteiger partial charge in [0.1, 0.15) is 18.1 Å². The number of benzene rings is 2. The average Bonchev–Trinajstić information content (AvgIpc) is 2.53. The van der Waals surface area contributed by atoms with Crippen LogP contribution in [-0.4, -0.2) is 20.8 Å². The molecule has 2 aromatic rings. The van der Waals surface area contributed by atoms with Crippen LogP contribution in [0.25, 0.3) is 0 Å². The molecule has 2 N–H and O–H groups in total. The fourth-order valence-electron chi connectivity index (χ4n) is 2.14. The second-order valence-electron chi connectivity index (χ2n) is 4.74. The molecule has 0 saturated carbocycles. The molecule has 0 saturated heterocycles. The van der Waals surface area contributed by atoms with Gasteiger partial charge in [-0.1, -0.05) is 30.3 Å². The summed E-state index contributed by atoms with van der Waals surface area (Å²) in [6.45, 7) is 0.951. The molecule has 21 heavy (non-hydrogen) atoms. The number of methoxy groups -OCH3 is 2. The minimum atomic E-state index is -0.243. The summed E-state index contributed by atoms with van der Waals surface area (Å²) in [6, 6.07) is 15.3. The summed E-state index contributed by atoms with van der Waals surface area (Å²) < 4.78 is 16.2. The maximum Gasteiger partial charge on any atom is 0.123 e. The highest BCUT2D eigenvalue weighted by Crippen LogP contribution is 2.24. The second-order valence-corrected chi connectivity index (χ2v) is 4.74. The molecule has 0 radical (unpaired) electrons. The molecular formula is C17H21NO3. The molecule has 0 aliphatic heterocycles. The topological polar surface area (TPSA) is 53.7 Å². The predicted octanol–water partition coefficient (Wildman–Crippen LogP) is 2.92. The van der Waals surface area contributed by atoms with E-state index in [4.69, 9.17) is 19.9 Å². The predicted molar refractivity (Wildman–Crippen MR) is 82.6 cm³/mol. The Bertz CT molecular complexity index is 571. The quantitative estimate of drug-likeness (QED) is 0.850. The largest absolute Gasteiger partial charge is 0.496 e. The number of rotatable bonds is 7. The standard InChI is InChI=1S/C17H21NO3/c1-19-11-13-6-5-7-14(10-13)21-12-16(18)15-8-3-4-9-17(15)20-2/h3-10,16H,11-12,18H2,1-2H3. The van der Waals surface area contributed by atoms with Crippen molar-refractivity contribution in [3.8, 4) is 11.5 Å². The first-order chi connectivity index (χ1) is 10.2. The first-order valence-corrected chi connectivity index (χ1v) is 6.83. The highest BCUT2D eigenvalue weighted by atomic mass is 16.5. The average molecular weight is 287 g/mol. The summed E-state index contributed by atoms with van der Waals surface area (Å²) in [4.78, 5) is 0. The molecule has 4 heteroatoms. The lowest BCUT2D eigenvalue weighted by atomic mass is 10.1. The van der Waals surface area contributed by atoms with E-state index in [1.54, 1.807) is 14.2 Å². The van der Waals surface area contributed by atoms with E-state index < -0.39 is 0 Å². The van der Waals surface area contributed by atoms with Crippen molar-refractivity contribution in [3.05, 3.63) is 59.7 Å². The Morgan fingerprint density at radius 1 is 1.05 bits per heavy atom. The van der Waals surface area contributed by atoms with Crippen LogP contribution in [0.3, 0.4) is 0 Å². The van der Waals surface area contributed by atoms with Crippen LogP contribution in [0.2, 0.25) is 0 Å². The van der Waals surface area contributed by atoms with Crippen molar-refractivity contribution in [2.75, 3.05) is 20.8 Å². The van der Waals surface area contributed by atoms with E-state index in [0.29, 0.717) is 13.2 Å². The first kappa shape index (κ1) is 15.4. The molecule has 1 unspecified atom stereocenters. The molecule has 2 rings (SSSR count). The van der Waals surface area contributed by atoms with Gasteiger partial charge in [-0.05, 0) is 23.8 Å². The van der Waals surface area contributed by atoms with Gasteiger partial charge >= 0.3 is 0 Å². The van der Waals surface area contributed by atoms with E-state index in [1.165, 1.54) is 0 Å². The van der Waals surface area contributed by atoms with Crippen LogP contribution in [-0.2, 0) is 11.3 Å². The molecule has 0 aliphatic carbocycles. The zero-order chi connectivity index (χ0) is 15.1. The fourth-order valence-corrected chi connectivity index (χ4v) is 2.14.